The lowest BCUT2D eigenvalue weighted by Gasteiger charge is -2.09. The molecule has 0 unspecified atom stereocenters. The molecule has 1 aromatic carbocycles. The summed E-state index contributed by atoms with van der Waals surface area (Å²) in [6.07, 6.45) is 1.58. The van der Waals surface area contributed by atoms with Crippen LogP contribution in [-0.4, -0.2) is 42.2 Å². The molecule has 166 valence electrons. The van der Waals surface area contributed by atoms with E-state index in [1.165, 1.54) is 7.11 Å². The van der Waals surface area contributed by atoms with Crippen LogP contribution in [0.15, 0.2) is 71.0 Å². The molecule has 0 bridgehead atoms. The molecule has 32 heavy (non-hydrogen) atoms. The molecule has 0 saturated carbocycles. The fraction of sp³-hybridized carbons (Fsp3) is 0.280. The second-order valence-corrected chi connectivity index (χ2v) is 7.10. The summed E-state index contributed by atoms with van der Waals surface area (Å²) in [4.78, 5) is 19.7. The minimum atomic E-state index is 0.487. The molecular weight excluding hydrogens is 404 g/mol. The van der Waals surface area contributed by atoms with Crippen LogP contribution >= 0.6 is 0 Å². The van der Waals surface area contributed by atoms with E-state index in [0.29, 0.717) is 12.3 Å². The van der Waals surface area contributed by atoms with Crippen molar-refractivity contribution in [3.05, 3.63) is 77.7 Å². The number of para-hydroxylation sites is 1. The van der Waals surface area contributed by atoms with Crippen molar-refractivity contribution < 1.29 is 14.4 Å². The first-order chi connectivity index (χ1) is 15.6. The van der Waals surface area contributed by atoms with Gasteiger partial charge in [-0.05, 0) is 63.1 Å². The van der Waals surface area contributed by atoms with Crippen LogP contribution in [0.3, 0.4) is 0 Å². The maximum atomic E-state index is 5.53. The summed E-state index contributed by atoms with van der Waals surface area (Å²) in [7, 11) is 3.18. The van der Waals surface area contributed by atoms with Crippen LogP contribution in [0.5, 0.6) is 5.75 Å². The van der Waals surface area contributed by atoms with E-state index in [0.717, 1.165) is 52.6 Å². The molecule has 0 spiro atoms. The molecule has 3 aromatic rings. The number of rotatable bonds is 10. The molecule has 0 aliphatic heterocycles. The Morgan fingerprint density at radius 3 is 2.31 bits per heavy atom. The van der Waals surface area contributed by atoms with Gasteiger partial charge >= 0.3 is 0 Å². The highest BCUT2D eigenvalue weighted by Gasteiger charge is 2.08. The zero-order valence-corrected chi connectivity index (χ0v) is 18.9. The molecule has 0 amide bonds. The van der Waals surface area contributed by atoms with Crippen molar-refractivity contribution in [2.24, 2.45) is 10.3 Å². The first-order valence-electron chi connectivity index (χ1n) is 10.4. The third-order valence-corrected chi connectivity index (χ3v) is 4.78. The number of hydrogen-bond donors (Lipinski definition) is 0. The predicted octanol–water partition coefficient (Wildman–Crippen LogP) is 4.90. The van der Waals surface area contributed by atoms with Crippen LogP contribution in [0.1, 0.15) is 37.4 Å². The summed E-state index contributed by atoms with van der Waals surface area (Å²) in [5.74, 6) is 0.782. The van der Waals surface area contributed by atoms with Gasteiger partial charge in [0.15, 0.2) is 0 Å². The van der Waals surface area contributed by atoms with Crippen LogP contribution in [-0.2, 0) is 16.1 Å². The molecule has 2 heterocycles. The lowest BCUT2D eigenvalue weighted by Crippen LogP contribution is -2.04. The number of ether oxygens (including phenoxy) is 1. The Morgan fingerprint density at radius 1 is 0.812 bits per heavy atom. The molecule has 0 radical (unpaired) electrons. The van der Waals surface area contributed by atoms with Crippen LogP contribution in [0.4, 0.5) is 0 Å². The van der Waals surface area contributed by atoms with E-state index >= 15 is 0 Å². The molecule has 0 saturated heterocycles. The second kappa shape index (κ2) is 11.6. The van der Waals surface area contributed by atoms with Crippen LogP contribution in [0.2, 0.25) is 0 Å². The Balaban J connectivity index is 1.57. The number of hydrogen-bond acceptors (Lipinski definition) is 7. The van der Waals surface area contributed by atoms with Gasteiger partial charge in [-0.15, -0.1) is 0 Å². The van der Waals surface area contributed by atoms with Crippen molar-refractivity contribution in [1.82, 2.24) is 9.97 Å². The van der Waals surface area contributed by atoms with Gasteiger partial charge in [-0.25, -0.2) is 4.98 Å². The number of methoxy groups -OCH3 is 1. The first kappa shape index (κ1) is 22.9. The standard InChI is InChI=1S/C25H28N4O3/c1-18(28-31-4)22-13-7-10-20(26-22)11-9-17-32-29-19(2)23-14-8-15-24(27-23)21-12-5-6-16-25(21)30-3/h5-8,10,12-16H,9,11,17H2,1-4H3/b28-18+,29-19+. The molecule has 0 N–H and O–H groups in total. The van der Waals surface area contributed by atoms with Crippen LogP contribution in [0.25, 0.3) is 11.3 Å². The normalized spacial score (nSPS) is 11.9. The van der Waals surface area contributed by atoms with Crippen molar-refractivity contribution in [2.75, 3.05) is 20.8 Å². The Kier molecular flexibility index (Phi) is 8.31. The lowest BCUT2D eigenvalue weighted by atomic mass is 10.1. The quantitative estimate of drug-likeness (QED) is 0.259. The van der Waals surface area contributed by atoms with Gasteiger partial charge in [-0.1, -0.05) is 34.6 Å². The summed E-state index contributed by atoms with van der Waals surface area (Å²) < 4.78 is 5.45. The monoisotopic (exact) mass is 432 g/mol. The molecule has 0 atom stereocenters. The van der Waals surface area contributed by atoms with Crippen molar-refractivity contribution >= 4 is 11.4 Å². The zero-order chi connectivity index (χ0) is 22.8. The smallest absolute Gasteiger partial charge is 0.128 e. The molecule has 3 rings (SSSR count). The molecular formula is C25H28N4O3. The highest BCUT2D eigenvalue weighted by molar-refractivity contribution is 5.97. The number of pyridine rings is 2. The summed E-state index contributed by atoms with van der Waals surface area (Å²) in [6, 6.07) is 19.5. The van der Waals surface area contributed by atoms with E-state index in [-0.39, 0.29) is 0 Å². The van der Waals surface area contributed by atoms with Gasteiger partial charge in [-0.3, -0.25) is 4.98 Å². The van der Waals surface area contributed by atoms with E-state index in [2.05, 4.69) is 15.3 Å². The van der Waals surface area contributed by atoms with Gasteiger partial charge in [0.05, 0.1) is 24.2 Å². The van der Waals surface area contributed by atoms with Crippen molar-refractivity contribution in [1.29, 1.82) is 0 Å². The minimum Gasteiger partial charge on any atom is -0.496 e. The van der Waals surface area contributed by atoms with Crippen molar-refractivity contribution in [2.45, 2.75) is 26.7 Å². The maximum absolute atomic E-state index is 5.53. The largest absolute Gasteiger partial charge is 0.496 e. The third kappa shape index (κ3) is 6.14. The molecule has 7 nitrogen and oxygen atoms in total. The van der Waals surface area contributed by atoms with E-state index in [9.17, 15) is 0 Å². The van der Waals surface area contributed by atoms with Crippen molar-refractivity contribution in [3.8, 4) is 17.0 Å². The first-order valence-corrected chi connectivity index (χ1v) is 10.4. The number of oxime groups is 2. The Bertz CT molecular complexity index is 1100. The molecule has 0 aliphatic carbocycles. The summed E-state index contributed by atoms with van der Waals surface area (Å²) in [5.41, 5.74) is 5.76. The minimum absolute atomic E-state index is 0.487. The average Bonchev–Trinajstić information content (AvgIpc) is 2.84. The van der Waals surface area contributed by atoms with Gasteiger partial charge in [-0.2, -0.15) is 0 Å². The SMILES string of the molecule is CO/N=C(\C)c1cccc(CCCO/N=C(\C)c2cccc(-c3ccccc3OC)n2)n1. The van der Waals surface area contributed by atoms with E-state index in [1.54, 1.807) is 7.11 Å². The molecule has 0 fully saturated rings. The van der Waals surface area contributed by atoms with Gasteiger partial charge in [0, 0.05) is 11.3 Å². The van der Waals surface area contributed by atoms with E-state index in [1.807, 2.05) is 74.5 Å². The Hall–Kier alpha value is -3.74. The summed E-state index contributed by atoms with van der Waals surface area (Å²) in [6.45, 7) is 4.24. The predicted molar refractivity (Wildman–Crippen MR) is 126 cm³/mol. The second-order valence-electron chi connectivity index (χ2n) is 7.10. The van der Waals surface area contributed by atoms with Gasteiger partial charge < -0.3 is 14.4 Å². The third-order valence-electron chi connectivity index (χ3n) is 4.78. The maximum Gasteiger partial charge on any atom is 0.128 e. The van der Waals surface area contributed by atoms with E-state index in [4.69, 9.17) is 19.4 Å². The zero-order valence-electron chi connectivity index (χ0n) is 18.9. The highest BCUT2D eigenvalue weighted by Crippen LogP contribution is 2.28. The van der Waals surface area contributed by atoms with E-state index < -0.39 is 0 Å². The fourth-order valence-electron chi connectivity index (χ4n) is 3.15. The van der Waals surface area contributed by atoms with Gasteiger partial charge in [0.1, 0.15) is 30.9 Å². The van der Waals surface area contributed by atoms with Gasteiger partial charge in [0.25, 0.3) is 0 Å². The molecule has 0 aliphatic rings. The number of nitrogens with zero attached hydrogens (tertiary/aromatic N) is 4. The number of aryl methyl sites for hydroxylation is 1. The number of aromatic nitrogens is 2. The topological polar surface area (TPSA) is 78.2 Å². The summed E-state index contributed by atoms with van der Waals surface area (Å²) in [5, 5.41) is 8.17. The fourth-order valence-corrected chi connectivity index (χ4v) is 3.15. The molecule has 2 aromatic heterocycles. The number of benzene rings is 1. The Morgan fingerprint density at radius 2 is 1.53 bits per heavy atom. The van der Waals surface area contributed by atoms with Crippen LogP contribution < -0.4 is 4.74 Å². The Labute approximate surface area is 188 Å². The average molecular weight is 433 g/mol. The van der Waals surface area contributed by atoms with Crippen LogP contribution in [0, 0.1) is 0 Å². The summed E-state index contributed by atoms with van der Waals surface area (Å²) >= 11 is 0. The molecule has 7 heteroatoms. The van der Waals surface area contributed by atoms with Gasteiger partial charge in [0.2, 0.25) is 0 Å². The lowest BCUT2D eigenvalue weighted by molar-refractivity contribution is 0.141. The van der Waals surface area contributed by atoms with Crippen molar-refractivity contribution in [3.63, 3.8) is 0 Å². The highest BCUT2D eigenvalue weighted by atomic mass is 16.6.